The summed E-state index contributed by atoms with van der Waals surface area (Å²) in [6, 6.07) is 7.36. The van der Waals surface area contributed by atoms with Crippen molar-refractivity contribution in [3.63, 3.8) is 0 Å². The number of aryl methyl sites for hydroxylation is 1. The predicted molar refractivity (Wildman–Crippen MR) is 72.7 cm³/mol. The van der Waals surface area contributed by atoms with E-state index in [2.05, 4.69) is 20.1 Å². The van der Waals surface area contributed by atoms with Crippen LogP contribution in [0.4, 0.5) is 0 Å². The van der Waals surface area contributed by atoms with Gasteiger partial charge in [-0.1, -0.05) is 16.6 Å². The Kier molecular flexibility index (Phi) is 4.19. The normalized spacial score (nSPS) is 10.6. The van der Waals surface area contributed by atoms with Gasteiger partial charge in [0.2, 0.25) is 0 Å². The molecule has 0 aliphatic carbocycles. The number of hydrazone groups is 1. The zero-order valence-corrected chi connectivity index (χ0v) is 11.3. The molecule has 1 aromatic carbocycles. The number of rotatable bonds is 4. The van der Waals surface area contributed by atoms with Gasteiger partial charge in [0.25, 0.3) is 5.91 Å². The quantitative estimate of drug-likeness (QED) is 0.680. The van der Waals surface area contributed by atoms with E-state index < -0.39 is 0 Å². The monoisotopic (exact) mass is 276 g/mol. The van der Waals surface area contributed by atoms with Gasteiger partial charge in [0.15, 0.2) is 0 Å². The van der Waals surface area contributed by atoms with E-state index in [1.54, 1.807) is 20.2 Å². The number of aromatic nitrogens is 2. The lowest BCUT2D eigenvalue weighted by Crippen LogP contribution is -2.17. The fraction of sp³-hybridized carbons (Fsp3) is 0.167. The highest BCUT2D eigenvalue weighted by Crippen LogP contribution is 2.11. The van der Waals surface area contributed by atoms with Gasteiger partial charge in [-0.15, -0.1) is 5.10 Å². The van der Waals surface area contributed by atoms with Crippen LogP contribution in [0.3, 0.4) is 0 Å². The highest BCUT2D eigenvalue weighted by atomic mass is 32.1. The van der Waals surface area contributed by atoms with E-state index in [9.17, 15) is 4.79 Å². The second-order valence-corrected chi connectivity index (χ2v) is 4.42. The molecule has 0 spiro atoms. The first-order valence-electron chi connectivity index (χ1n) is 5.47. The van der Waals surface area contributed by atoms with E-state index in [1.807, 2.05) is 24.3 Å². The zero-order chi connectivity index (χ0) is 13.7. The van der Waals surface area contributed by atoms with Gasteiger partial charge in [0, 0.05) is 0 Å². The van der Waals surface area contributed by atoms with Crippen LogP contribution < -0.4 is 10.2 Å². The smallest absolute Gasteiger partial charge is 0.285 e. The van der Waals surface area contributed by atoms with Gasteiger partial charge in [-0.3, -0.25) is 4.79 Å². The molecule has 0 saturated heterocycles. The van der Waals surface area contributed by atoms with Crippen LogP contribution in [0.2, 0.25) is 0 Å². The van der Waals surface area contributed by atoms with Gasteiger partial charge in [-0.2, -0.15) is 5.10 Å². The zero-order valence-electron chi connectivity index (χ0n) is 10.5. The largest absolute Gasteiger partial charge is 0.497 e. The number of ether oxygens (including phenoxy) is 1. The summed E-state index contributed by atoms with van der Waals surface area (Å²) < 4.78 is 8.79. The van der Waals surface area contributed by atoms with Crippen molar-refractivity contribution >= 4 is 23.7 Å². The molecule has 0 saturated carbocycles. The van der Waals surface area contributed by atoms with Crippen molar-refractivity contribution in [2.75, 3.05) is 7.11 Å². The third-order valence-corrected chi connectivity index (χ3v) is 3.16. The average Bonchev–Trinajstić information content (AvgIpc) is 2.85. The highest BCUT2D eigenvalue weighted by molar-refractivity contribution is 7.07. The minimum atomic E-state index is -0.313. The van der Waals surface area contributed by atoms with Gasteiger partial charge < -0.3 is 4.74 Å². The summed E-state index contributed by atoms with van der Waals surface area (Å²) in [6.45, 7) is 1.73. The Bertz CT molecular complexity index is 609. The SMILES string of the molecule is COc1cccc(C=NNC(=O)c2snnc2C)c1. The summed E-state index contributed by atoms with van der Waals surface area (Å²) in [5.41, 5.74) is 3.86. The summed E-state index contributed by atoms with van der Waals surface area (Å²) >= 11 is 1.04. The molecule has 7 heteroatoms. The van der Waals surface area contributed by atoms with Crippen LogP contribution in [0.15, 0.2) is 29.4 Å². The summed E-state index contributed by atoms with van der Waals surface area (Å²) in [6.07, 6.45) is 1.55. The van der Waals surface area contributed by atoms with Crippen LogP contribution in [0.25, 0.3) is 0 Å². The molecule has 1 aromatic heterocycles. The van der Waals surface area contributed by atoms with Gasteiger partial charge >= 0.3 is 0 Å². The molecule has 0 fully saturated rings. The van der Waals surface area contributed by atoms with Crippen molar-refractivity contribution in [2.24, 2.45) is 5.10 Å². The van der Waals surface area contributed by atoms with Crippen LogP contribution >= 0.6 is 11.5 Å². The van der Waals surface area contributed by atoms with Gasteiger partial charge in [0.05, 0.1) is 19.0 Å². The van der Waals surface area contributed by atoms with Crippen LogP contribution in [0.5, 0.6) is 5.75 Å². The Labute approximate surface area is 114 Å². The number of carbonyl (C=O) groups excluding carboxylic acids is 1. The Hall–Kier alpha value is -2.28. The molecular weight excluding hydrogens is 264 g/mol. The lowest BCUT2D eigenvalue weighted by atomic mass is 10.2. The number of carbonyl (C=O) groups is 1. The molecule has 19 heavy (non-hydrogen) atoms. The van der Waals surface area contributed by atoms with Crippen molar-refractivity contribution in [3.05, 3.63) is 40.4 Å². The number of hydrogen-bond acceptors (Lipinski definition) is 6. The third kappa shape index (κ3) is 3.35. The highest BCUT2D eigenvalue weighted by Gasteiger charge is 2.11. The number of benzene rings is 1. The Morgan fingerprint density at radius 3 is 3.05 bits per heavy atom. The van der Waals surface area contributed by atoms with E-state index >= 15 is 0 Å². The van der Waals surface area contributed by atoms with Gasteiger partial charge in [0.1, 0.15) is 10.6 Å². The molecule has 6 nitrogen and oxygen atoms in total. The summed E-state index contributed by atoms with van der Waals surface area (Å²) in [7, 11) is 1.59. The number of hydrogen-bond donors (Lipinski definition) is 1. The van der Waals surface area contributed by atoms with E-state index in [0.717, 1.165) is 22.8 Å². The van der Waals surface area contributed by atoms with Crippen LogP contribution in [0.1, 0.15) is 20.9 Å². The molecule has 0 bridgehead atoms. The summed E-state index contributed by atoms with van der Waals surface area (Å²) in [4.78, 5) is 12.2. The second kappa shape index (κ2) is 6.05. The van der Waals surface area contributed by atoms with E-state index in [-0.39, 0.29) is 5.91 Å². The first-order valence-corrected chi connectivity index (χ1v) is 6.24. The lowest BCUT2D eigenvalue weighted by Gasteiger charge is -2.00. The lowest BCUT2D eigenvalue weighted by molar-refractivity contribution is 0.0958. The molecule has 0 radical (unpaired) electrons. The summed E-state index contributed by atoms with van der Waals surface area (Å²) in [5.74, 6) is 0.421. The fourth-order valence-corrected chi connectivity index (χ4v) is 1.92. The van der Waals surface area contributed by atoms with Crippen LogP contribution in [0, 0.1) is 6.92 Å². The first kappa shape index (κ1) is 13.2. The Balaban J connectivity index is 2.00. The maximum absolute atomic E-state index is 11.7. The topological polar surface area (TPSA) is 76.5 Å². The molecule has 2 aromatic rings. The molecule has 1 amide bonds. The molecule has 0 unspecified atom stereocenters. The maximum Gasteiger partial charge on any atom is 0.285 e. The first-order chi connectivity index (χ1) is 9.20. The van der Waals surface area contributed by atoms with Crippen molar-refractivity contribution in [1.82, 2.24) is 15.0 Å². The molecule has 0 aliphatic heterocycles. The van der Waals surface area contributed by atoms with Crippen LogP contribution in [-0.2, 0) is 0 Å². The summed E-state index contributed by atoms with van der Waals surface area (Å²) in [5, 5.41) is 7.65. The fourth-order valence-electron chi connectivity index (χ4n) is 1.38. The second-order valence-electron chi connectivity index (χ2n) is 3.66. The number of nitrogens with zero attached hydrogens (tertiary/aromatic N) is 3. The van der Waals surface area contributed by atoms with Crippen LogP contribution in [-0.4, -0.2) is 28.8 Å². The predicted octanol–water partition coefficient (Wildman–Crippen LogP) is 1.62. The molecule has 1 heterocycles. The van der Waals surface area contributed by atoms with E-state index in [0.29, 0.717) is 10.6 Å². The molecule has 2 rings (SSSR count). The third-order valence-electron chi connectivity index (χ3n) is 2.33. The van der Waals surface area contributed by atoms with Crippen molar-refractivity contribution in [2.45, 2.75) is 6.92 Å². The Morgan fingerprint density at radius 2 is 2.37 bits per heavy atom. The molecule has 1 N–H and O–H groups in total. The van der Waals surface area contributed by atoms with E-state index in [4.69, 9.17) is 4.74 Å². The number of amides is 1. The number of methoxy groups -OCH3 is 1. The molecule has 0 atom stereocenters. The van der Waals surface area contributed by atoms with Crippen molar-refractivity contribution in [3.8, 4) is 5.75 Å². The number of nitrogens with one attached hydrogen (secondary N) is 1. The maximum atomic E-state index is 11.7. The standard InChI is InChI=1S/C12H12N4O2S/c1-8-11(19-16-14-8)12(17)15-13-7-9-4-3-5-10(6-9)18-2/h3-7H,1-2H3,(H,15,17). The van der Waals surface area contributed by atoms with E-state index in [1.165, 1.54) is 0 Å². The Morgan fingerprint density at radius 1 is 1.53 bits per heavy atom. The molecule has 0 aliphatic rings. The molecule has 98 valence electrons. The van der Waals surface area contributed by atoms with Gasteiger partial charge in [-0.05, 0) is 36.2 Å². The van der Waals surface area contributed by atoms with Gasteiger partial charge in [-0.25, -0.2) is 5.43 Å². The minimum Gasteiger partial charge on any atom is -0.497 e. The molecular formula is C12H12N4O2S. The van der Waals surface area contributed by atoms with Crippen molar-refractivity contribution < 1.29 is 9.53 Å². The average molecular weight is 276 g/mol. The van der Waals surface area contributed by atoms with Crippen molar-refractivity contribution in [1.29, 1.82) is 0 Å². The minimum absolute atomic E-state index is 0.313.